The Morgan fingerprint density at radius 1 is 1.29 bits per heavy atom. The molecule has 1 aliphatic rings. The molecule has 118 valence electrons. The summed E-state index contributed by atoms with van der Waals surface area (Å²) in [5.74, 6) is 0.519. The maximum Gasteiger partial charge on any atom is 0.241 e. The summed E-state index contributed by atoms with van der Waals surface area (Å²) in [6.45, 7) is 6.17. The summed E-state index contributed by atoms with van der Waals surface area (Å²) in [7, 11) is -3.50. The summed E-state index contributed by atoms with van der Waals surface area (Å²) in [6, 6.07) is 6.28. The zero-order valence-corrected chi connectivity index (χ0v) is 14.1. The van der Waals surface area contributed by atoms with Gasteiger partial charge in [0.05, 0.1) is 11.1 Å². The van der Waals surface area contributed by atoms with E-state index in [0.717, 1.165) is 32.4 Å². The van der Waals surface area contributed by atoms with E-state index in [1.165, 1.54) is 0 Å². The van der Waals surface area contributed by atoms with E-state index in [-0.39, 0.29) is 11.1 Å². The lowest BCUT2D eigenvalue weighted by Gasteiger charge is -2.36. The van der Waals surface area contributed by atoms with Crippen molar-refractivity contribution in [3.63, 3.8) is 0 Å². The van der Waals surface area contributed by atoms with E-state index < -0.39 is 10.0 Å². The van der Waals surface area contributed by atoms with Crippen molar-refractivity contribution in [2.24, 2.45) is 5.92 Å². The first-order valence-electron chi connectivity index (χ1n) is 7.40. The van der Waals surface area contributed by atoms with E-state index >= 15 is 0 Å². The number of piperidine rings is 1. The number of likely N-dealkylation sites (tertiary alicyclic amines) is 1. The van der Waals surface area contributed by atoms with Crippen molar-refractivity contribution in [3.05, 3.63) is 29.3 Å². The Morgan fingerprint density at radius 2 is 1.95 bits per heavy atom. The van der Waals surface area contributed by atoms with Gasteiger partial charge in [-0.25, -0.2) is 8.42 Å². The van der Waals surface area contributed by atoms with E-state index in [1.54, 1.807) is 24.3 Å². The van der Waals surface area contributed by atoms with E-state index in [2.05, 4.69) is 23.5 Å². The number of rotatable bonds is 5. The van der Waals surface area contributed by atoms with Gasteiger partial charge in [0.2, 0.25) is 10.0 Å². The summed E-state index contributed by atoms with van der Waals surface area (Å²) in [6.07, 6.45) is 2.94. The Bertz CT molecular complexity index is 558. The molecule has 0 radical (unpaired) electrons. The molecule has 1 N–H and O–H groups in total. The van der Waals surface area contributed by atoms with Crippen LogP contribution in [0.3, 0.4) is 0 Å². The molecule has 1 heterocycles. The fourth-order valence-electron chi connectivity index (χ4n) is 2.67. The van der Waals surface area contributed by atoms with Crippen LogP contribution >= 0.6 is 11.6 Å². The lowest BCUT2D eigenvalue weighted by Crippen LogP contribution is -2.51. The Hall–Kier alpha value is -0.620. The van der Waals surface area contributed by atoms with Crippen LogP contribution in [0.4, 0.5) is 0 Å². The second-order valence-electron chi connectivity index (χ2n) is 5.98. The molecule has 4 nitrogen and oxygen atoms in total. The summed E-state index contributed by atoms with van der Waals surface area (Å²) in [4.78, 5) is 2.50. The third kappa shape index (κ3) is 4.68. The summed E-state index contributed by atoms with van der Waals surface area (Å²) >= 11 is 5.81. The fourth-order valence-corrected chi connectivity index (χ4v) is 4.05. The highest BCUT2D eigenvalue weighted by molar-refractivity contribution is 7.89. The van der Waals surface area contributed by atoms with Gasteiger partial charge in [-0.3, -0.25) is 4.90 Å². The van der Waals surface area contributed by atoms with Gasteiger partial charge < -0.3 is 0 Å². The Kier molecular flexibility index (Phi) is 5.66. The standard InChI is InChI=1S/C15H23ClN2O2S/c1-12(2)11-18-10-4-3-5-15(18)17-21(19,20)14-8-6-13(16)7-9-14/h6-9,12,15,17H,3-5,10-11H2,1-2H3. The second-order valence-corrected chi connectivity index (χ2v) is 8.13. The zero-order valence-electron chi connectivity index (χ0n) is 12.5. The molecule has 1 saturated heterocycles. The van der Waals surface area contributed by atoms with Crippen molar-refractivity contribution in [1.82, 2.24) is 9.62 Å². The van der Waals surface area contributed by atoms with Crippen molar-refractivity contribution < 1.29 is 8.42 Å². The summed E-state index contributed by atoms with van der Waals surface area (Å²) in [5.41, 5.74) is 0. The van der Waals surface area contributed by atoms with E-state index in [9.17, 15) is 8.42 Å². The molecule has 0 saturated carbocycles. The number of nitrogens with zero attached hydrogens (tertiary/aromatic N) is 1. The molecule has 21 heavy (non-hydrogen) atoms. The van der Waals surface area contributed by atoms with Gasteiger partial charge in [0.1, 0.15) is 0 Å². The van der Waals surface area contributed by atoms with Gasteiger partial charge in [-0.15, -0.1) is 0 Å². The fraction of sp³-hybridized carbons (Fsp3) is 0.600. The quantitative estimate of drug-likeness (QED) is 0.902. The van der Waals surface area contributed by atoms with Gasteiger partial charge in [-0.05, 0) is 56.0 Å². The number of benzene rings is 1. The molecule has 1 fully saturated rings. The normalized spacial score (nSPS) is 20.9. The van der Waals surface area contributed by atoms with Crippen LogP contribution in [0.5, 0.6) is 0 Å². The Labute approximate surface area is 132 Å². The minimum atomic E-state index is -3.50. The number of halogens is 1. The third-order valence-corrected chi connectivity index (χ3v) is 5.36. The topological polar surface area (TPSA) is 49.4 Å². The van der Waals surface area contributed by atoms with Gasteiger partial charge in [0.25, 0.3) is 0 Å². The van der Waals surface area contributed by atoms with Crippen molar-refractivity contribution in [1.29, 1.82) is 0 Å². The van der Waals surface area contributed by atoms with E-state index in [1.807, 2.05) is 0 Å². The van der Waals surface area contributed by atoms with E-state index in [0.29, 0.717) is 10.9 Å². The number of sulfonamides is 1. The monoisotopic (exact) mass is 330 g/mol. The number of nitrogens with one attached hydrogen (secondary N) is 1. The van der Waals surface area contributed by atoms with Crippen LogP contribution in [-0.4, -0.2) is 32.6 Å². The van der Waals surface area contributed by atoms with Gasteiger partial charge in [0.15, 0.2) is 0 Å². The first kappa shape index (κ1) is 16.7. The summed E-state index contributed by atoms with van der Waals surface area (Å²) in [5, 5.41) is 0.535. The number of hydrogen-bond donors (Lipinski definition) is 1. The van der Waals surface area contributed by atoms with Crippen LogP contribution in [0.25, 0.3) is 0 Å². The molecule has 1 aliphatic heterocycles. The van der Waals surface area contributed by atoms with Gasteiger partial charge >= 0.3 is 0 Å². The van der Waals surface area contributed by atoms with Crippen LogP contribution in [0.15, 0.2) is 29.2 Å². The first-order valence-corrected chi connectivity index (χ1v) is 9.26. The third-order valence-electron chi connectivity index (χ3n) is 3.63. The molecule has 0 bridgehead atoms. The molecule has 1 aromatic carbocycles. The molecule has 1 aromatic rings. The molecule has 0 amide bonds. The molecule has 1 unspecified atom stereocenters. The molecule has 1 atom stereocenters. The van der Waals surface area contributed by atoms with Gasteiger partial charge in [0, 0.05) is 11.6 Å². The van der Waals surface area contributed by atoms with Crippen molar-refractivity contribution in [3.8, 4) is 0 Å². The second kappa shape index (κ2) is 7.09. The smallest absolute Gasteiger partial charge is 0.241 e. The van der Waals surface area contributed by atoms with Crippen molar-refractivity contribution in [2.45, 2.75) is 44.2 Å². The van der Waals surface area contributed by atoms with Crippen LogP contribution < -0.4 is 4.72 Å². The Balaban J connectivity index is 2.12. The minimum absolute atomic E-state index is 0.109. The Morgan fingerprint density at radius 3 is 2.57 bits per heavy atom. The van der Waals surface area contributed by atoms with Crippen LogP contribution in [0, 0.1) is 5.92 Å². The number of hydrogen-bond acceptors (Lipinski definition) is 3. The summed E-state index contributed by atoms with van der Waals surface area (Å²) < 4.78 is 27.8. The molecular weight excluding hydrogens is 308 g/mol. The van der Waals surface area contributed by atoms with Gasteiger partial charge in [-0.1, -0.05) is 25.4 Å². The molecular formula is C15H23ClN2O2S. The van der Waals surface area contributed by atoms with Crippen LogP contribution in [0.2, 0.25) is 5.02 Å². The van der Waals surface area contributed by atoms with Gasteiger partial charge in [-0.2, -0.15) is 4.72 Å². The molecule has 0 aliphatic carbocycles. The predicted octanol–water partition coefficient (Wildman–Crippen LogP) is 3.09. The zero-order chi connectivity index (χ0) is 15.5. The molecule has 0 spiro atoms. The van der Waals surface area contributed by atoms with Crippen LogP contribution in [-0.2, 0) is 10.0 Å². The molecule has 6 heteroatoms. The predicted molar refractivity (Wildman–Crippen MR) is 85.8 cm³/mol. The highest BCUT2D eigenvalue weighted by Crippen LogP contribution is 2.20. The molecule has 2 rings (SSSR count). The van der Waals surface area contributed by atoms with Crippen LogP contribution in [0.1, 0.15) is 33.1 Å². The SMILES string of the molecule is CC(C)CN1CCCCC1NS(=O)(=O)c1ccc(Cl)cc1. The highest BCUT2D eigenvalue weighted by Gasteiger charge is 2.27. The largest absolute Gasteiger partial charge is 0.287 e. The lowest BCUT2D eigenvalue weighted by molar-refractivity contribution is 0.124. The maximum absolute atomic E-state index is 12.5. The minimum Gasteiger partial charge on any atom is -0.287 e. The average molecular weight is 331 g/mol. The van der Waals surface area contributed by atoms with Crippen molar-refractivity contribution >= 4 is 21.6 Å². The van der Waals surface area contributed by atoms with E-state index in [4.69, 9.17) is 11.6 Å². The maximum atomic E-state index is 12.5. The first-order chi connectivity index (χ1) is 9.88. The lowest BCUT2D eigenvalue weighted by atomic mass is 10.1. The average Bonchev–Trinajstić information content (AvgIpc) is 2.40. The molecule has 0 aromatic heterocycles. The highest BCUT2D eigenvalue weighted by atomic mass is 35.5. The van der Waals surface area contributed by atoms with Crippen molar-refractivity contribution in [2.75, 3.05) is 13.1 Å².